The van der Waals surface area contributed by atoms with Crippen LogP contribution in [-0.2, 0) is 19.6 Å². The summed E-state index contributed by atoms with van der Waals surface area (Å²) >= 11 is 0. The van der Waals surface area contributed by atoms with Crippen molar-refractivity contribution in [1.82, 2.24) is 9.62 Å². The van der Waals surface area contributed by atoms with Crippen molar-refractivity contribution in [3.63, 3.8) is 0 Å². The van der Waals surface area contributed by atoms with Crippen molar-refractivity contribution in [2.24, 2.45) is 0 Å². The summed E-state index contributed by atoms with van der Waals surface area (Å²) in [6, 6.07) is -2.35. The summed E-state index contributed by atoms with van der Waals surface area (Å²) < 4.78 is 25.3. The number of sulfonamides is 1. The Bertz CT molecular complexity index is 490. The second-order valence-corrected chi connectivity index (χ2v) is 7.19. The molecule has 8 nitrogen and oxygen atoms in total. The minimum atomic E-state index is -3.52. The highest BCUT2D eigenvalue weighted by atomic mass is 32.2. The van der Waals surface area contributed by atoms with Gasteiger partial charge in [0.15, 0.2) is 6.04 Å². The number of aliphatic hydroxyl groups is 1. The van der Waals surface area contributed by atoms with Crippen molar-refractivity contribution in [1.29, 1.82) is 0 Å². The quantitative estimate of drug-likeness (QED) is 0.560. The van der Waals surface area contributed by atoms with E-state index in [1.807, 2.05) is 0 Å². The van der Waals surface area contributed by atoms with E-state index < -0.39 is 40.1 Å². The zero-order chi connectivity index (χ0) is 16.2. The van der Waals surface area contributed by atoms with Crippen molar-refractivity contribution >= 4 is 21.9 Å². The van der Waals surface area contributed by atoms with Gasteiger partial charge in [0.25, 0.3) is 0 Å². The van der Waals surface area contributed by atoms with E-state index >= 15 is 0 Å². The highest BCUT2D eigenvalue weighted by Crippen LogP contribution is 2.22. The number of carboxylic acids is 1. The Morgan fingerprint density at radius 3 is 2.52 bits per heavy atom. The van der Waals surface area contributed by atoms with Gasteiger partial charge in [-0.2, -0.15) is 4.31 Å². The van der Waals surface area contributed by atoms with Gasteiger partial charge in [0.1, 0.15) is 6.04 Å². The molecule has 3 unspecified atom stereocenters. The van der Waals surface area contributed by atoms with E-state index in [1.54, 1.807) is 6.92 Å². The zero-order valence-corrected chi connectivity index (χ0v) is 13.0. The molecule has 0 aromatic carbocycles. The average Bonchev–Trinajstić information content (AvgIpc) is 2.84. The van der Waals surface area contributed by atoms with E-state index in [0.29, 0.717) is 19.3 Å². The number of rotatable bonds is 7. The number of carbonyl (C=O) groups excluding carboxylic acids is 1. The zero-order valence-electron chi connectivity index (χ0n) is 12.2. The molecule has 0 aliphatic carbocycles. The van der Waals surface area contributed by atoms with Gasteiger partial charge in [-0.25, -0.2) is 13.2 Å². The summed E-state index contributed by atoms with van der Waals surface area (Å²) in [6.07, 6.45) is 0.0704. The molecule has 1 amide bonds. The first-order chi connectivity index (χ1) is 9.70. The van der Waals surface area contributed by atoms with Crippen LogP contribution in [0, 0.1) is 0 Å². The Hall–Kier alpha value is -1.19. The van der Waals surface area contributed by atoms with E-state index in [2.05, 4.69) is 5.32 Å². The van der Waals surface area contributed by atoms with Crippen LogP contribution in [0.3, 0.4) is 0 Å². The van der Waals surface area contributed by atoms with Crippen LogP contribution in [-0.4, -0.2) is 65.3 Å². The van der Waals surface area contributed by atoms with Gasteiger partial charge in [0, 0.05) is 6.54 Å². The van der Waals surface area contributed by atoms with E-state index in [0.717, 1.165) is 4.31 Å². The lowest BCUT2D eigenvalue weighted by Gasteiger charge is -2.25. The van der Waals surface area contributed by atoms with Crippen LogP contribution >= 0.6 is 0 Å². The molecule has 3 atom stereocenters. The molecule has 0 saturated carbocycles. The number of nitrogens with one attached hydrogen (secondary N) is 1. The van der Waals surface area contributed by atoms with Crippen LogP contribution in [0.4, 0.5) is 0 Å². The lowest BCUT2D eigenvalue weighted by atomic mass is 10.1. The molecule has 1 aliphatic rings. The predicted octanol–water partition coefficient (Wildman–Crippen LogP) is -0.859. The van der Waals surface area contributed by atoms with Gasteiger partial charge in [-0.1, -0.05) is 6.92 Å². The topological polar surface area (TPSA) is 124 Å². The number of amides is 1. The fraction of sp³-hybridized carbons (Fsp3) is 0.833. The highest BCUT2D eigenvalue weighted by Gasteiger charge is 2.39. The Balaban J connectivity index is 2.84. The Labute approximate surface area is 124 Å². The Kier molecular flexibility index (Phi) is 6.11. The first kappa shape index (κ1) is 17.9. The summed E-state index contributed by atoms with van der Waals surface area (Å²) in [5.74, 6) is -2.09. The third-order valence-electron chi connectivity index (χ3n) is 3.37. The minimum absolute atomic E-state index is 0.0461. The molecular weight excluding hydrogens is 300 g/mol. The molecule has 1 aliphatic heterocycles. The highest BCUT2D eigenvalue weighted by molar-refractivity contribution is 7.89. The smallest absolute Gasteiger partial charge is 0.328 e. The van der Waals surface area contributed by atoms with Gasteiger partial charge in [-0.15, -0.1) is 0 Å². The van der Waals surface area contributed by atoms with Crippen molar-refractivity contribution in [3.8, 4) is 0 Å². The van der Waals surface area contributed by atoms with Crippen LogP contribution in [0.2, 0.25) is 0 Å². The monoisotopic (exact) mass is 322 g/mol. The SMILES string of the molecule is CCCS(=O)(=O)N1CCCC1C(=O)NC(C(=O)O)C(C)O. The normalized spacial score (nSPS) is 22.7. The number of nitrogens with zero attached hydrogens (tertiary/aromatic N) is 1. The predicted molar refractivity (Wildman–Crippen MR) is 75.1 cm³/mol. The molecule has 0 aromatic heterocycles. The number of hydrogen-bond donors (Lipinski definition) is 3. The van der Waals surface area contributed by atoms with Crippen molar-refractivity contribution in [2.75, 3.05) is 12.3 Å². The van der Waals surface area contributed by atoms with Gasteiger partial charge in [0.2, 0.25) is 15.9 Å². The molecule has 0 spiro atoms. The lowest BCUT2D eigenvalue weighted by molar-refractivity contribution is -0.145. The standard InChI is InChI=1S/C12H22N2O6S/c1-3-7-21(19,20)14-6-4-5-9(14)11(16)13-10(8(2)15)12(17)18/h8-10,15H,3-7H2,1-2H3,(H,13,16)(H,17,18). The van der Waals surface area contributed by atoms with E-state index in [-0.39, 0.29) is 12.3 Å². The second-order valence-electron chi connectivity index (χ2n) is 5.15. The molecule has 9 heteroatoms. The number of carboxylic acid groups (broad SMARTS) is 1. The summed E-state index contributed by atoms with van der Waals surface area (Å²) in [6.45, 7) is 3.24. The maximum atomic E-state index is 12.1. The summed E-state index contributed by atoms with van der Waals surface area (Å²) in [5.41, 5.74) is 0. The van der Waals surface area contributed by atoms with E-state index in [1.165, 1.54) is 6.92 Å². The molecule has 1 rings (SSSR count). The number of carbonyl (C=O) groups is 2. The molecule has 3 N–H and O–H groups in total. The van der Waals surface area contributed by atoms with Crippen LogP contribution in [0.25, 0.3) is 0 Å². The maximum absolute atomic E-state index is 12.1. The molecule has 1 heterocycles. The maximum Gasteiger partial charge on any atom is 0.328 e. The van der Waals surface area contributed by atoms with Gasteiger partial charge in [-0.3, -0.25) is 4.79 Å². The summed E-state index contributed by atoms with van der Waals surface area (Å²) in [7, 11) is -3.52. The van der Waals surface area contributed by atoms with Crippen molar-refractivity contribution < 1.29 is 28.2 Å². The molecule has 1 fully saturated rings. The molecule has 0 aromatic rings. The summed E-state index contributed by atoms with van der Waals surface area (Å²) in [5, 5.41) is 20.5. The van der Waals surface area contributed by atoms with Gasteiger partial charge >= 0.3 is 5.97 Å². The van der Waals surface area contributed by atoms with Crippen LogP contribution in [0.1, 0.15) is 33.1 Å². The van der Waals surface area contributed by atoms with Crippen LogP contribution in [0.15, 0.2) is 0 Å². The molecule has 122 valence electrons. The second kappa shape index (κ2) is 7.19. The fourth-order valence-corrected chi connectivity index (χ4v) is 4.10. The van der Waals surface area contributed by atoms with E-state index in [9.17, 15) is 23.1 Å². The first-order valence-electron chi connectivity index (χ1n) is 6.91. The lowest BCUT2D eigenvalue weighted by Crippen LogP contribution is -2.54. The van der Waals surface area contributed by atoms with Gasteiger partial charge in [0.05, 0.1) is 11.9 Å². The molecular formula is C12H22N2O6S. The van der Waals surface area contributed by atoms with Gasteiger partial charge < -0.3 is 15.5 Å². The first-order valence-corrected chi connectivity index (χ1v) is 8.52. The largest absolute Gasteiger partial charge is 0.480 e. The molecule has 1 saturated heterocycles. The third-order valence-corrected chi connectivity index (χ3v) is 5.45. The Morgan fingerprint density at radius 1 is 1.43 bits per heavy atom. The van der Waals surface area contributed by atoms with Crippen molar-refractivity contribution in [2.45, 2.75) is 51.3 Å². The van der Waals surface area contributed by atoms with Crippen LogP contribution in [0.5, 0.6) is 0 Å². The summed E-state index contributed by atoms with van der Waals surface area (Å²) in [4.78, 5) is 23.1. The fourth-order valence-electron chi connectivity index (χ4n) is 2.35. The number of aliphatic carboxylic acids is 1. The van der Waals surface area contributed by atoms with Crippen LogP contribution < -0.4 is 5.32 Å². The Morgan fingerprint density at radius 2 is 2.05 bits per heavy atom. The molecule has 0 radical (unpaired) electrons. The number of aliphatic hydroxyl groups excluding tert-OH is 1. The molecule has 21 heavy (non-hydrogen) atoms. The number of hydrogen-bond acceptors (Lipinski definition) is 5. The van der Waals surface area contributed by atoms with Gasteiger partial charge in [-0.05, 0) is 26.2 Å². The van der Waals surface area contributed by atoms with Crippen molar-refractivity contribution in [3.05, 3.63) is 0 Å². The average molecular weight is 322 g/mol. The molecule has 0 bridgehead atoms. The van der Waals surface area contributed by atoms with E-state index in [4.69, 9.17) is 5.11 Å². The third kappa shape index (κ3) is 4.39. The minimum Gasteiger partial charge on any atom is -0.480 e.